The van der Waals surface area contributed by atoms with Gasteiger partial charge < -0.3 is 10.1 Å². The van der Waals surface area contributed by atoms with E-state index in [-0.39, 0.29) is 16.4 Å². The summed E-state index contributed by atoms with van der Waals surface area (Å²) in [6.07, 6.45) is 0. The molecule has 1 amide bonds. The average molecular weight is 385 g/mol. The maximum absolute atomic E-state index is 11.9. The molecule has 0 bridgehead atoms. The standard InChI is InChI=1S/C12H15BrClNO4S/c1-3-19-5-4-15-12(16)9-6-8(2)11(13)10(7-9)20(14,17)18/h6-7H,3-5H2,1-2H3,(H,15,16). The van der Waals surface area contributed by atoms with Gasteiger partial charge in [-0.3, -0.25) is 4.79 Å². The van der Waals surface area contributed by atoms with Crippen LogP contribution in [0.4, 0.5) is 0 Å². The Bertz CT molecular complexity index is 604. The van der Waals surface area contributed by atoms with Crippen LogP contribution in [0.2, 0.25) is 0 Å². The van der Waals surface area contributed by atoms with Crippen molar-refractivity contribution in [1.82, 2.24) is 5.32 Å². The van der Waals surface area contributed by atoms with Crippen LogP contribution >= 0.6 is 26.6 Å². The molecule has 1 aromatic rings. The highest BCUT2D eigenvalue weighted by Crippen LogP contribution is 2.29. The number of hydrogen-bond donors (Lipinski definition) is 1. The number of carbonyl (C=O) groups excluding carboxylic acids is 1. The van der Waals surface area contributed by atoms with Crippen LogP contribution in [-0.4, -0.2) is 34.1 Å². The molecule has 0 heterocycles. The average Bonchev–Trinajstić information content (AvgIpc) is 2.36. The van der Waals surface area contributed by atoms with Gasteiger partial charge in [0.25, 0.3) is 15.0 Å². The van der Waals surface area contributed by atoms with E-state index in [0.29, 0.717) is 29.8 Å². The zero-order valence-electron chi connectivity index (χ0n) is 11.1. The number of nitrogens with one attached hydrogen (secondary N) is 1. The van der Waals surface area contributed by atoms with Gasteiger partial charge in [0.05, 0.1) is 11.5 Å². The first-order valence-corrected chi connectivity index (χ1v) is 8.98. The molecule has 1 aromatic carbocycles. The van der Waals surface area contributed by atoms with Gasteiger partial charge in [-0.2, -0.15) is 0 Å². The lowest BCUT2D eigenvalue weighted by Gasteiger charge is -2.09. The molecule has 5 nitrogen and oxygen atoms in total. The third-order valence-electron chi connectivity index (χ3n) is 2.48. The first-order chi connectivity index (χ1) is 9.27. The summed E-state index contributed by atoms with van der Waals surface area (Å²) in [6.45, 7) is 4.87. The van der Waals surface area contributed by atoms with E-state index in [4.69, 9.17) is 15.4 Å². The molecule has 0 aromatic heterocycles. The predicted molar refractivity (Wildman–Crippen MR) is 80.7 cm³/mol. The Balaban J connectivity index is 2.97. The summed E-state index contributed by atoms with van der Waals surface area (Å²) >= 11 is 3.16. The van der Waals surface area contributed by atoms with Crippen molar-refractivity contribution in [2.45, 2.75) is 18.7 Å². The molecule has 8 heteroatoms. The Morgan fingerprint density at radius 2 is 2.10 bits per heavy atom. The van der Waals surface area contributed by atoms with Crippen molar-refractivity contribution in [2.24, 2.45) is 0 Å². The van der Waals surface area contributed by atoms with Gasteiger partial charge in [-0.25, -0.2) is 8.42 Å². The largest absolute Gasteiger partial charge is 0.380 e. The molecular weight excluding hydrogens is 370 g/mol. The molecule has 0 spiro atoms. The first-order valence-electron chi connectivity index (χ1n) is 5.88. The normalized spacial score (nSPS) is 11.4. The van der Waals surface area contributed by atoms with Crippen molar-refractivity contribution in [3.05, 3.63) is 27.7 Å². The van der Waals surface area contributed by atoms with E-state index in [9.17, 15) is 13.2 Å². The SMILES string of the molecule is CCOCCNC(=O)c1cc(C)c(Br)c(S(=O)(=O)Cl)c1. The number of carbonyl (C=O) groups is 1. The third kappa shape index (κ3) is 4.73. The number of amides is 1. The zero-order valence-corrected chi connectivity index (χ0v) is 14.2. The Labute approximate surface area is 131 Å². The number of rotatable bonds is 6. The molecule has 0 unspecified atom stereocenters. The van der Waals surface area contributed by atoms with E-state index in [2.05, 4.69) is 21.2 Å². The van der Waals surface area contributed by atoms with Crippen LogP contribution in [0.25, 0.3) is 0 Å². The van der Waals surface area contributed by atoms with Crippen LogP contribution in [0.3, 0.4) is 0 Å². The number of ether oxygens (including phenoxy) is 1. The molecule has 20 heavy (non-hydrogen) atoms. The lowest BCUT2D eigenvalue weighted by Crippen LogP contribution is -2.27. The molecule has 0 radical (unpaired) electrons. The lowest BCUT2D eigenvalue weighted by molar-refractivity contribution is 0.0922. The second-order valence-electron chi connectivity index (χ2n) is 4.00. The van der Waals surface area contributed by atoms with Crippen LogP contribution in [0.1, 0.15) is 22.8 Å². The molecule has 112 valence electrons. The van der Waals surface area contributed by atoms with Gasteiger partial charge >= 0.3 is 0 Å². The summed E-state index contributed by atoms with van der Waals surface area (Å²) in [5, 5.41) is 2.64. The minimum Gasteiger partial charge on any atom is -0.380 e. The van der Waals surface area contributed by atoms with Crippen LogP contribution in [0.5, 0.6) is 0 Å². The minimum atomic E-state index is -3.92. The van der Waals surface area contributed by atoms with Gasteiger partial charge in [0, 0.05) is 33.9 Å². The van der Waals surface area contributed by atoms with E-state index < -0.39 is 9.05 Å². The fraction of sp³-hybridized carbons (Fsp3) is 0.417. The van der Waals surface area contributed by atoms with E-state index in [0.717, 1.165) is 0 Å². The smallest absolute Gasteiger partial charge is 0.262 e. The van der Waals surface area contributed by atoms with Gasteiger partial charge in [0.1, 0.15) is 0 Å². The summed E-state index contributed by atoms with van der Waals surface area (Å²) < 4.78 is 28.4. The summed E-state index contributed by atoms with van der Waals surface area (Å²) in [6, 6.07) is 2.83. The van der Waals surface area contributed by atoms with E-state index >= 15 is 0 Å². The maximum atomic E-state index is 11.9. The molecule has 0 aliphatic rings. The Morgan fingerprint density at radius 3 is 2.65 bits per heavy atom. The molecule has 0 saturated heterocycles. The zero-order chi connectivity index (χ0) is 15.3. The third-order valence-corrected chi connectivity index (χ3v) is 5.14. The second-order valence-corrected chi connectivity index (χ2v) is 7.32. The minimum absolute atomic E-state index is 0.117. The highest BCUT2D eigenvalue weighted by Gasteiger charge is 2.19. The van der Waals surface area contributed by atoms with Crippen LogP contribution in [0, 0.1) is 6.92 Å². The fourth-order valence-corrected chi connectivity index (χ4v) is 3.68. The van der Waals surface area contributed by atoms with Crippen molar-refractivity contribution < 1.29 is 17.9 Å². The summed E-state index contributed by atoms with van der Waals surface area (Å²) in [5.41, 5.74) is 0.850. The molecule has 0 fully saturated rings. The van der Waals surface area contributed by atoms with Gasteiger partial charge in [-0.15, -0.1) is 0 Å². The molecular formula is C12H15BrClNO4S. The number of benzene rings is 1. The van der Waals surface area contributed by atoms with E-state index in [1.165, 1.54) is 6.07 Å². The van der Waals surface area contributed by atoms with Crippen LogP contribution in [0.15, 0.2) is 21.5 Å². The highest BCUT2D eigenvalue weighted by molar-refractivity contribution is 9.10. The number of halogens is 2. The molecule has 1 rings (SSSR count). The molecule has 0 aliphatic carbocycles. The Kier molecular flexibility index (Phi) is 6.44. The van der Waals surface area contributed by atoms with Crippen molar-refractivity contribution in [1.29, 1.82) is 0 Å². The quantitative estimate of drug-likeness (QED) is 0.604. The number of hydrogen-bond acceptors (Lipinski definition) is 4. The lowest BCUT2D eigenvalue weighted by atomic mass is 10.1. The van der Waals surface area contributed by atoms with Crippen LogP contribution in [-0.2, 0) is 13.8 Å². The molecule has 0 atom stereocenters. The maximum Gasteiger partial charge on any atom is 0.262 e. The van der Waals surface area contributed by atoms with Crippen LogP contribution < -0.4 is 5.32 Å². The van der Waals surface area contributed by atoms with E-state index in [1.807, 2.05) is 6.92 Å². The first kappa shape index (κ1) is 17.4. The molecule has 0 saturated carbocycles. The van der Waals surface area contributed by atoms with Gasteiger partial charge in [-0.1, -0.05) is 0 Å². The predicted octanol–water partition coefficient (Wildman–Crippen LogP) is 2.45. The second kappa shape index (κ2) is 7.40. The monoisotopic (exact) mass is 383 g/mol. The van der Waals surface area contributed by atoms with Gasteiger partial charge in [0.2, 0.25) is 0 Å². The molecule has 1 N–H and O–H groups in total. The number of aryl methyl sites for hydroxylation is 1. The van der Waals surface area contributed by atoms with Gasteiger partial charge in [-0.05, 0) is 47.5 Å². The highest BCUT2D eigenvalue weighted by atomic mass is 79.9. The summed E-state index contributed by atoms with van der Waals surface area (Å²) in [7, 11) is 1.43. The fourth-order valence-electron chi connectivity index (χ4n) is 1.53. The van der Waals surface area contributed by atoms with Crippen molar-refractivity contribution in [3.8, 4) is 0 Å². The van der Waals surface area contributed by atoms with Crippen molar-refractivity contribution in [2.75, 3.05) is 19.8 Å². The Hall–Kier alpha value is -0.630. The summed E-state index contributed by atoms with van der Waals surface area (Å²) in [5.74, 6) is -0.373. The molecule has 0 aliphatic heterocycles. The Morgan fingerprint density at radius 1 is 1.45 bits per heavy atom. The van der Waals surface area contributed by atoms with Crippen molar-refractivity contribution in [3.63, 3.8) is 0 Å². The van der Waals surface area contributed by atoms with Gasteiger partial charge in [0.15, 0.2) is 0 Å². The van der Waals surface area contributed by atoms with Crippen molar-refractivity contribution >= 4 is 41.6 Å². The topological polar surface area (TPSA) is 72.5 Å². The van der Waals surface area contributed by atoms with E-state index in [1.54, 1.807) is 13.0 Å². The summed E-state index contributed by atoms with van der Waals surface area (Å²) in [4.78, 5) is 11.8.